The number of ether oxygens (including phenoxy) is 3. The Labute approximate surface area is 110 Å². The summed E-state index contributed by atoms with van der Waals surface area (Å²) < 4.78 is 16.1. The predicted octanol–water partition coefficient (Wildman–Crippen LogP) is 0.636. The highest BCUT2D eigenvalue weighted by atomic mass is 16.5. The fraction of sp³-hybridized carbons (Fsp3) is 0.500. The predicted molar refractivity (Wildman–Crippen MR) is 68.6 cm³/mol. The van der Waals surface area contributed by atoms with E-state index in [4.69, 9.17) is 14.2 Å². The first-order valence-electron chi connectivity index (χ1n) is 6.12. The van der Waals surface area contributed by atoms with E-state index >= 15 is 0 Å². The Morgan fingerprint density at radius 2 is 2.21 bits per heavy atom. The number of methoxy groups -OCH3 is 2. The zero-order valence-electron chi connectivity index (χ0n) is 10.9. The van der Waals surface area contributed by atoms with Crippen LogP contribution in [-0.2, 0) is 4.74 Å². The highest BCUT2D eigenvalue weighted by Crippen LogP contribution is 2.33. The van der Waals surface area contributed by atoms with E-state index in [2.05, 4.69) is 20.3 Å². The summed E-state index contributed by atoms with van der Waals surface area (Å²) in [6.45, 7) is 2.33. The van der Waals surface area contributed by atoms with Crippen LogP contribution in [0.1, 0.15) is 11.7 Å². The zero-order valence-corrected chi connectivity index (χ0v) is 10.9. The van der Waals surface area contributed by atoms with Crippen LogP contribution in [0.4, 0.5) is 0 Å². The van der Waals surface area contributed by atoms with Crippen LogP contribution in [0.5, 0.6) is 11.9 Å². The molecule has 7 heteroatoms. The highest BCUT2D eigenvalue weighted by molar-refractivity contribution is 5.85. The zero-order chi connectivity index (χ0) is 13.2. The van der Waals surface area contributed by atoms with Crippen molar-refractivity contribution >= 4 is 11.0 Å². The molecule has 0 aromatic carbocycles. The second-order valence-electron chi connectivity index (χ2n) is 4.25. The van der Waals surface area contributed by atoms with Crippen molar-refractivity contribution in [1.29, 1.82) is 0 Å². The largest absolute Gasteiger partial charge is 0.480 e. The van der Waals surface area contributed by atoms with E-state index in [0.29, 0.717) is 18.1 Å². The van der Waals surface area contributed by atoms with E-state index in [1.807, 2.05) is 6.20 Å². The number of H-pyrrole nitrogens is 1. The molecule has 7 nitrogen and oxygen atoms in total. The summed E-state index contributed by atoms with van der Waals surface area (Å²) in [5.41, 5.74) is 1.69. The molecular weight excluding hydrogens is 248 g/mol. The Morgan fingerprint density at radius 3 is 2.89 bits per heavy atom. The van der Waals surface area contributed by atoms with Gasteiger partial charge < -0.3 is 24.5 Å². The van der Waals surface area contributed by atoms with Gasteiger partial charge in [0.15, 0.2) is 0 Å². The lowest BCUT2D eigenvalue weighted by molar-refractivity contribution is 0.0285. The SMILES string of the molecule is COc1nc(OC)c2c(C3CNCCO3)c[nH]c2n1. The molecule has 3 rings (SSSR count). The van der Waals surface area contributed by atoms with Crippen LogP contribution in [-0.4, -0.2) is 48.9 Å². The maximum Gasteiger partial charge on any atom is 0.321 e. The number of hydrogen-bond donors (Lipinski definition) is 2. The van der Waals surface area contributed by atoms with Gasteiger partial charge in [-0.25, -0.2) is 0 Å². The number of rotatable bonds is 3. The van der Waals surface area contributed by atoms with Crippen molar-refractivity contribution in [3.63, 3.8) is 0 Å². The number of fused-ring (bicyclic) bond motifs is 1. The molecule has 0 radical (unpaired) electrons. The van der Waals surface area contributed by atoms with Gasteiger partial charge in [-0.1, -0.05) is 0 Å². The molecule has 0 aliphatic carbocycles. The van der Waals surface area contributed by atoms with Gasteiger partial charge in [-0.15, -0.1) is 0 Å². The summed E-state index contributed by atoms with van der Waals surface area (Å²) in [5.74, 6) is 0.493. The van der Waals surface area contributed by atoms with Gasteiger partial charge in [0.25, 0.3) is 0 Å². The lowest BCUT2D eigenvalue weighted by atomic mass is 10.1. The third-order valence-corrected chi connectivity index (χ3v) is 3.16. The van der Waals surface area contributed by atoms with E-state index in [1.165, 1.54) is 7.11 Å². The summed E-state index contributed by atoms with van der Waals surface area (Å²) >= 11 is 0. The van der Waals surface area contributed by atoms with Gasteiger partial charge in [0.05, 0.1) is 32.3 Å². The Balaban J connectivity index is 2.10. The van der Waals surface area contributed by atoms with Crippen LogP contribution < -0.4 is 14.8 Å². The molecule has 2 aromatic heterocycles. The third kappa shape index (κ3) is 2.11. The van der Waals surface area contributed by atoms with Crippen molar-refractivity contribution in [2.45, 2.75) is 6.10 Å². The molecule has 1 aliphatic heterocycles. The number of nitrogens with zero attached hydrogens (tertiary/aromatic N) is 2. The Hall–Kier alpha value is -1.86. The smallest absolute Gasteiger partial charge is 0.321 e. The minimum Gasteiger partial charge on any atom is -0.480 e. The minimum atomic E-state index is -0.0200. The molecule has 1 atom stereocenters. The average molecular weight is 264 g/mol. The van der Waals surface area contributed by atoms with Gasteiger partial charge in [0.2, 0.25) is 5.88 Å². The van der Waals surface area contributed by atoms with Crippen molar-refractivity contribution in [3.8, 4) is 11.9 Å². The van der Waals surface area contributed by atoms with Crippen LogP contribution >= 0.6 is 0 Å². The second-order valence-corrected chi connectivity index (χ2v) is 4.25. The summed E-state index contributed by atoms with van der Waals surface area (Å²) in [6.07, 6.45) is 1.87. The molecule has 2 N–H and O–H groups in total. The molecule has 0 bridgehead atoms. The molecule has 2 aromatic rings. The van der Waals surface area contributed by atoms with Crippen LogP contribution in [0.25, 0.3) is 11.0 Å². The molecule has 1 aliphatic rings. The van der Waals surface area contributed by atoms with Crippen molar-refractivity contribution < 1.29 is 14.2 Å². The lowest BCUT2D eigenvalue weighted by Crippen LogP contribution is -2.33. The number of morpholine rings is 1. The van der Waals surface area contributed by atoms with E-state index < -0.39 is 0 Å². The molecule has 19 heavy (non-hydrogen) atoms. The maximum atomic E-state index is 5.76. The van der Waals surface area contributed by atoms with Crippen molar-refractivity contribution in [1.82, 2.24) is 20.3 Å². The topological polar surface area (TPSA) is 81.3 Å². The van der Waals surface area contributed by atoms with Gasteiger partial charge in [-0.05, 0) is 0 Å². The number of nitrogens with one attached hydrogen (secondary N) is 2. The fourth-order valence-electron chi connectivity index (χ4n) is 2.26. The molecule has 1 unspecified atom stereocenters. The third-order valence-electron chi connectivity index (χ3n) is 3.16. The Morgan fingerprint density at radius 1 is 1.32 bits per heavy atom. The quantitative estimate of drug-likeness (QED) is 0.846. The number of aromatic amines is 1. The summed E-state index contributed by atoms with van der Waals surface area (Å²) in [4.78, 5) is 11.6. The monoisotopic (exact) mass is 264 g/mol. The molecule has 3 heterocycles. The van der Waals surface area contributed by atoms with Gasteiger partial charge in [-0.2, -0.15) is 9.97 Å². The lowest BCUT2D eigenvalue weighted by Gasteiger charge is -2.23. The number of aromatic nitrogens is 3. The van der Waals surface area contributed by atoms with Crippen molar-refractivity contribution in [2.24, 2.45) is 0 Å². The maximum absolute atomic E-state index is 5.76. The van der Waals surface area contributed by atoms with Crippen molar-refractivity contribution in [2.75, 3.05) is 33.9 Å². The average Bonchev–Trinajstić information content (AvgIpc) is 2.91. The second kappa shape index (κ2) is 5.02. The first kappa shape index (κ1) is 12.2. The van der Waals surface area contributed by atoms with E-state index in [9.17, 15) is 0 Å². The van der Waals surface area contributed by atoms with E-state index in [0.717, 1.165) is 24.0 Å². The van der Waals surface area contributed by atoms with E-state index in [-0.39, 0.29) is 12.1 Å². The highest BCUT2D eigenvalue weighted by Gasteiger charge is 2.23. The van der Waals surface area contributed by atoms with Crippen LogP contribution in [0.3, 0.4) is 0 Å². The Kier molecular flexibility index (Phi) is 3.22. The first-order valence-corrected chi connectivity index (χ1v) is 6.12. The molecule has 1 saturated heterocycles. The summed E-state index contributed by atoms with van der Waals surface area (Å²) in [5, 5.41) is 4.15. The normalized spacial score (nSPS) is 19.6. The Bertz CT molecular complexity index is 578. The summed E-state index contributed by atoms with van der Waals surface area (Å²) in [6, 6.07) is 0.278. The van der Waals surface area contributed by atoms with Gasteiger partial charge >= 0.3 is 6.01 Å². The first-order chi connectivity index (χ1) is 9.33. The molecule has 1 fully saturated rings. The van der Waals surface area contributed by atoms with E-state index in [1.54, 1.807) is 7.11 Å². The molecular formula is C12H16N4O3. The molecule has 0 spiro atoms. The molecule has 102 valence electrons. The molecule has 0 saturated carbocycles. The fourth-order valence-corrected chi connectivity index (χ4v) is 2.26. The number of hydrogen-bond acceptors (Lipinski definition) is 6. The molecule has 0 amide bonds. The van der Waals surface area contributed by atoms with Gasteiger partial charge in [0.1, 0.15) is 5.65 Å². The minimum absolute atomic E-state index is 0.0200. The van der Waals surface area contributed by atoms with Gasteiger partial charge in [-0.3, -0.25) is 0 Å². The van der Waals surface area contributed by atoms with Gasteiger partial charge in [0, 0.05) is 24.8 Å². The van der Waals surface area contributed by atoms with Crippen LogP contribution in [0.2, 0.25) is 0 Å². The van der Waals surface area contributed by atoms with Crippen LogP contribution in [0.15, 0.2) is 6.20 Å². The standard InChI is InChI=1S/C12H16N4O3/c1-17-11-9-7(8-6-13-3-4-19-8)5-14-10(9)15-12(16-11)18-2/h5,8,13H,3-4,6H2,1-2H3,(H,14,15,16). The van der Waals surface area contributed by atoms with Crippen LogP contribution in [0, 0.1) is 0 Å². The summed E-state index contributed by atoms with van der Waals surface area (Å²) in [7, 11) is 3.11. The van der Waals surface area contributed by atoms with Crippen molar-refractivity contribution in [3.05, 3.63) is 11.8 Å².